The summed E-state index contributed by atoms with van der Waals surface area (Å²) in [6.07, 6.45) is 1.91. The highest BCUT2D eigenvalue weighted by Gasteiger charge is 2.23. The van der Waals surface area contributed by atoms with Gasteiger partial charge in [-0.2, -0.15) is 0 Å². The molecule has 3 rings (SSSR count). The van der Waals surface area contributed by atoms with Crippen molar-refractivity contribution in [1.82, 2.24) is 10.6 Å². The van der Waals surface area contributed by atoms with Gasteiger partial charge in [-0.1, -0.05) is 12.1 Å². The summed E-state index contributed by atoms with van der Waals surface area (Å²) in [4.78, 5) is 23.5. The molecule has 2 aromatic carbocycles. The van der Waals surface area contributed by atoms with E-state index < -0.39 is 21.7 Å². The molecule has 0 heterocycles. The number of hydrogen-bond acceptors (Lipinski definition) is 4. The van der Waals surface area contributed by atoms with Gasteiger partial charge >= 0.3 is 0 Å². The van der Waals surface area contributed by atoms with Gasteiger partial charge < -0.3 is 10.6 Å². The summed E-state index contributed by atoms with van der Waals surface area (Å²) in [5, 5.41) is 5.22. The third kappa shape index (κ3) is 5.04. The Morgan fingerprint density at radius 2 is 1.70 bits per heavy atom. The molecule has 0 unspecified atom stereocenters. The summed E-state index contributed by atoms with van der Waals surface area (Å²) in [6, 6.07) is 10.7. The second kappa shape index (κ2) is 7.75. The van der Waals surface area contributed by atoms with Crippen molar-refractivity contribution in [2.24, 2.45) is 0 Å². The second-order valence-corrected chi connectivity index (χ2v) is 7.82. The van der Waals surface area contributed by atoms with Crippen LogP contribution in [-0.4, -0.2) is 32.8 Å². The summed E-state index contributed by atoms with van der Waals surface area (Å²) in [6.45, 7) is -0.149. The number of sulfonamides is 1. The first-order chi connectivity index (χ1) is 12.8. The monoisotopic (exact) mass is 391 g/mol. The SMILES string of the molecule is O=C(CNC(=O)c1ccc(S(=O)(=O)Nc2ccccc2F)cc1)NC1CC1. The minimum atomic E-state index is -4.00. The first-order valence-electron chi connectivity index (χ1n) is 8.30. The number of rotatable bonds is 7. The summed E-state index contributed by atoms with van der Waals surface area (Å²) >= 11 is 0. The predicted octanol–water partition coefficient (Wildman–Crippen LogP) is 1.63. The Balaban J connectivity index is 1.62. The van der Waals surface area contributed by atoms with Gasteiger partial charge in [0.05, 0.1) is 17.1 Å². The van der Waals surface area contributed by atoms with Gasteiger partial charge in [-0.15, -0.1) is 0 Å². The Morgan fingerprint density at radius 1 is 1.04 bits per heavy atom. The zero-order valence-electron chi connectivity index (χ0n) is 14.2. The first kappa shape index (κ1) is 18.8. The number of benzene rings is 2. The van der Waals surface area contributed by atoms with E-state index in [1.165, 1.54) is 42.5 Å². The Labute approximate surface area is 156 Å². The number of carbonyl (C=O) groups excluding carboxylic acids is 2. The van der Waals surface area contributed by atoms with Crippen molar-refractivity contribution in [3.8, 4) is 0 Å². The van der Waals surface area contributed by atoms with Crippen molar-refractivity contribution in [1.29, 1.82) is 0 Å². The average Bonchev–Trinajstić information content (AvgIpc) is 3.45. The number of amides is 2. The fraction of sp³-hybridized carbons (Fsp3) is 0.222. The zero-order chi connectivity index (χ0) is 19.4. The molecule has 9 heteroatoms. The van der Waals surface area contributed by atoms with Gasteiger partial charge in [0.25, 0.3) is 15.9 Å². The van der Waals surface area contributed by atoms with Crippen LogP contribution in [0.4, 0.5) is 10.1 Å². The van der Waals surface area contributed by atoms with Gasteiger partial charge in [-0.3, -0.25) is 14.3 Å². The number of hydrogen-bond donors (Lipinski definition) is 3. The van der Waals surface area contributed by atoms with Crippen molar-refractivity contribution >= 4 is 27.5 Å². The Bertz CT molecular complexity index is 957. The highest BCUT2D eigenvalue weighted by molar-refractivity contribution is 7.92. The molecule has 1 fully saturated rings. The van der Waals surface area contributed by atoms with Crippen LogP contribution < -0.4 is 15.4 Å². The van der Waals surface area contributed by atoms with Crippen LogP contribution in [0.3, 0.4) is 0 Å². The largest absolute Gasteiger partial charge is 0.352 e. The molecule has 2 amide bonds. The summed E-state index contributed by atoms with van der Waals surface area (Å²) in [7, 11) is -4.00. The second-order valence-electron chi connectivity index (χ2n) is 6.13. The minimum absolute atomic E-state index is 0.117. The van der Waals surface area contributed by atoms with Crippen LogP contribution in [0, 0.1) is 5.82 Å². The number of carbonyl (C=O) groups is 2. The van der Waals surface area contributed by atoms with Crippen LogP contribution in [0.5, 0.6) is 0 Å². The van der Waals surface area contributed by atoms with Crippen LogP contribution in [0.1, 0.15) is 23.2 Å². The lowest BCUT2D eigenvalue weighted by molar-refractivity contribution is -0.120. The zero-order valence-corrected chi connectivity index (χ0v) is 15.1. The topological polar surface area (TPSA) is 104 Å². The lowest BCUT2D eigenvalue weighted by atomic mass is 10.2. The molecule has 2 aromatic rings. The number of nitrogens with one attached hydrogen (secondary N) is 3. The molecule has 7 nitrogen and oxygen atoms in total. The van der Waals surface area contributed by atoms with Crippen LogP contribution >= 0.6 is 0 Å². The molecule has 0 spiro atoms. The molecule has 0 atom stereocenters. The molecule has 0 aromatic heterocycles. The fourth-order valence-corrected chi connectivity index (χ4v) is 3.37. The molecular weight excluding hydrogens is 373 g/mol. The molecule has 0 aliphatic heterocycles. The Kier molecular flexibility index (Phi) is 5.41. The van der Waals surface area contributed by atoms with E-state index in [1.807, 2.05) is 0 Å². The average molecular weight is 391 g/mol. The smallest absolute Gasteiger partial charge is 0.261 e. The van der Waals surface area contributed by atoms with Crippen LogP contribution in [0.15, 0.2) is 53.4 Å². The van der Waals surface area contributed by atoms with E-state index in [1.54, 1.807) is 0 Å². The van der Waals surface area contributed by atoms with Gasteiger partial charge in [0, 0.05) is 11.6 Å². The number of para-hydroxylation sites is 1. The van der Waals surface area contributed by atoms with E-state index in [9.17, 15) is 22.4 Å². The van der Waals surface area contributed by atoms with Crippen LogP contribution in [0.25, 0.3) is 0 Å². The Morgan fingerprint density at radius 3 is 2.33 bits per heavy atom. The van der Waals surface area contributed by atoms with Crippen molar-refractivity contribution in [3.63, 3.8) is 0 Å². The van der Waals surface area contributed by atoms with E-state index in [4.69, 9.17) is 0 Å². The normalized spacial score (nSPS) is 13.7. The van der Waals surface area contributed by atoms with E-state index in [-0.39, 0.29) is 34.6 Å². The molecular formula is C18H18FN3O4S. The van der Waals surface area contributed by atoms with Crippen molar-refractivity contribution in [2.45, 2.75) is 23.8 Å². The molecule has 27 heavy (non-hydrogen) atoms. The van der Waals surface area contributed by atoms with Crippen LogP contribution in [-0.2, 0) is 14.8 Å². The van der Waals surface area contributed by atoms with E-state index in [0.29, 0.717) is 0 Å². The lowest BCUT2D eigenvalue weighted by Gasteiger charge is -2.10. The molecule has 1 saturated carbocycles. The number of halogens is 1. The molecule has 1 aliphatic carbocycles. The van der Waals surface area contributed by atoms with Crippen molar-refractivity contribution in [2.75, 3.05) is 11.3 Å². The lowest BCUT2D eigenvalue weighted by Crippen LogP contribution is -2.37. The molecule has 0 bridgehead atoms. The van der Waals surface area contributed by atoms with E-state index in [0.717, 1.165) is 18.9 Å². The third-order valence-corrected chi connectivity index (χ3v) is 5.28. The van der Waals surface area contributed by atoms with Crippen molar-refractivity contribution < 1.29 is 22.4 Å². The molecule has 0 radical (unpaired) electrons. The maximum atomic E-state index is 13.6. The standard InChI is InChI=1S/C18H18FN3O4S/c19-15-3-1-2-4-16(15)22-27(25,26)14-9-5-12(6-10-14)18(24)20-11-17(23)21-13-7-8-13/h1-6,9-10,13,22H,7-8,11H2,(H,20,24)(H,21,23). The van der Waals surface area contributed by atoms with Gasteiger partial charge in [0.2, 0.25) is 5.91 Å². The Hall–Kier alpha value is -2.94. The van der Waals surface area contributed by atoms with Gasteiger partial charge in [-0.25, -0.2) is 12.8 Å². The van der Waals surface area contributed by atoms with Gasteiger partial charge in [0.15, 0.2) is 0 Å². The van der Waals surface area contributed by atoms with Crippen LogP contribution in [0.2, 0.25) is 0 Å². The highest BCUT2D eigenvalue weighted by atomic mass is 32.2. The van der Waals surface area contributed by atoms with Gasteiger partial charge in [0.1, 0.15) is 5.82 Å². The maximum absolute atomic E-state index is 13.6. The number of anilines is 1. The first-order valence-corrected chi connectivity index (χ1v) is 9.78. The van der Waals surface area contributed by atoms with Crippen molar-refractivity contribution in [3.05, 3.63) is 59.9 Å². The summed E-state index contributed by atoms with van der Waals surface area (Å²) < 4.78 is 40.4. The summed E-state index contributed by atoms with van der Waals surface area (Å²) in [5.74, 6) is -1.45. The molecule has 3 N–H and O–H groups in total. The van der Waals surface area contributed by atoms with E-state index >= 15 is 0 Å². The van der Waals surface area contributed by atoms with E-state index in [2.05, 4.69) is 15.4 Å². The fourth-order valence-electron chi connectivity index (χ4n) is 2.30. The summed E-state index contributed by atoms with van der Waals surface area (Å²) in [5.41, 5.74) is 0.0417. The molecule has 0 saturated heterocycles. The van der Waals surface area contributed by atoms with Gasteiger partial charge in [-0.05, 0) is 49.2 Å². The maximum Gasteiger partial charge on any atom is 0.261 e. The highest BCUT2D eigenvalue weighted by Crippen LogP contribution is 2.19. The third-order valence-electron chi connectivity index (χ3n) is 3.90. The quantitative estimate of drug-likeness (QED) is 0.667. The predicted molar refractivity (Wildman–Crippen MR) is 97.1 cm³/mol. The molecule has 142 valence electrons. The molecule has 1 aliphatic rings. The minimum Gasteiger partial charge on any atom is -0.352 e.